The first-order valence-electron chi connectivity index (χ1n) is 8.85. The number of ether oxygens (including phenoxy) is 1. The summed E-state index contributed by atoms with van der Waals surface area (Å²) < 4.78 is 31.6. The van der Waals surface area contributed by atoms with E-state index in [1.807, 2.05) is 31.2 Å². The predicted molar refractivity (Wildman–Crippen MR) is 106 cm³/mol. The smallest absolute Gasteiger partial charge is 0.338 e. The maximum absolute atomic E-state index is 13.2. The molecule has 0 atom stereocenters. The first-order chi connectivity index (χ1) is 13.9. The third-order valence-corrected chi connectivity index (χ3v) is 4.98. The number of thiazole rings is 1. The molecule has 0 radical (unpaired) electrons. The SMILES string of the molecule is CCc1ccccc1N(C(C)=O)c1nc(COC(=O)c2cc(F)cc(F)c2)cs1. The number of amides is 1. The van der Waals surface area contributed by atoms with Crippen LogP contribution in [0.2, 0.25) is 0 Å². The van der Waals surface area contributed by atoms with E-state index in [9.17, 15) is 18.4 Å². The minimum Gasteiger partial charge on any atom is -0.456 e. The number of benzene rings is 2. The Morgan fingerprint density at radius 1 is 1.14 bits per heavy atom. The van der Waals surface area contributed by atoms with Gasteiger partial charge in [0.2, 0.25) is 5.91 Å². The van der Waals surface area contributed by atoms with Gasteiger partial charge in [-0.25, -0.2) is 18.6 Å². The van der Waals surface area contributed by atoms with Crippen LogP contribution in [0.15, 0.2) is 47.8 Å². The van der Waals surface area contributed by atoms with Crippen LogP contribution < -0.4 is 4.90 Å². The van der Waals surface area contributed by atoms with Gasteiger partial charge in [0.25, 0.3) is 0 Å². The highest BCUT2D eigenvalue weighted by Gasteiger charge is 2.20. The van der Waals surface area contributed by atoms with Gasteiger partial charge in [-0.05, 0) is 30.2 Å². The molecule has 0 unspecified atom stereocenters. The van der Waals surface area contributed by atoms with Gasteiger partial charge in [0.05, 0.1) is 16.9 Å². The van der Waals surface area contributed by atoms with E-state index < -0.39 is 17.6 Å². The molecular weight excluding hydrogens is 398 g/mol. The predicted octanol–water partition coefficient (Wildman–Crippen LogP) is 5.03. The number of para-hydroxylation sites is 1. The lowest BCUT2D eigenvalue weighted by atomic mass is 10.1. The van der Waals surface area contributed by atoms with Gasteiger partial charge in [-0.3, -0.25) is 9.69 Å². The van der Waals surface area contributed by atoms with Crippen molar-refractivity contribution < 1.29 is 23.1 Å². The van der Waals surface area contributed by atoms with Crippen LogP contribution in [-0.4, -0.2) is 16.9 Å². The maximum atomic E-state index is 13.2. The number of nitrogens with zero attached hydrogens (tertiary/aromatic N) is 2. The van der Waals surface area contributed by atoms with Crippen LogP contribution in [-0.2, 0) is 22.6 Å². The molecule has 1 amide bonds. The van der Waals surface area contributed by atoms with E-state index in [4.69, 9.17) is 4.74 Å². The zero-order valence-electron chi connectivity index (χ0n) is 15.8. The Morgan fingerprint density at radius 2 is 1.83 bits per heavy atom. The van der Waals surface area contributed by atoms with E-state index in [2.05, 4.69) is 4.98 Å². The number of rotatable bonds is 6. The van der Waals surface area contributed by atoms with E-state index in [0.717, 1.165) is 29.8 Å². The molecule has 0 N–H and O–H groups in total. The zero-order chi connectivity index (χ0) is 21.0. The fraction of sp³-hybridized carbons (Fsp3) is 0.190. The van der Waals surface area contributed by atoms with Crippen molar-refractivity contribution in [2.24, 2.45) is 0 Å². The van der Waals surface area contributed by atoms with E-state index in [1.165, 1.54) is 23.2 Å². The summed E-state index contributed by atoms with van der Waals surface area (Å²) in [6, 6.07) is 10.0. The van der Waals surface area contributed by atoms with E-state index in [0.29, 0.717) is 16.9 Å². The molecule has 0 fully saturated rings. The summed E-state index contributed by atoms with van der Waals surface area (Å²) in [5.41, 5.74) is 1.95. The molecule has 29 heavy (non-hydrogen) atoms. The first kappa shape index (κ1) is 20.6. The lowest BCUT2D eigenvalue weighted by Gasteiger charge is -2.20. The molecule has 1 heterocycles. The molecule has 3 rings (SSSR count). The average Bonchev–Trinajstić information content (AvgIpc) is 3.14. The molecule has 0 spiro atoms. The summed E-state index contributed by atoms with van der Waals surface area (Å²) in [6.07, 6.45) is 0.750. The van der Waals surface area contributed by atoms with Crippen LogP contribution in [0.4, 0.5) is 19.6 Å². The second-order valence-corrected chi connectivity index (χ2v) is 7.03. The molecule has 0 saturated carbocycles. The molecule has 150 valence electrons. The largest absolute Gasteiger partial charge is 0.456 e. The van der Waals surface area contributed by atoms with Crippen molar-refractivity contribution in [3.63, 3.8) is 0 Å². The molecule has 5 nitrogen and oxygen atoms in total. The van der Waals surface area contributed by atoms with E-state index in [1.54, 1.807) is 5.38 Å². The topological polar surface area (TPSA) is 59.5 Å². The minimum absolute atomic E-state index is 0.186. The molecule has 0 aliphatic heterocycles. The van der Waals surface area contributed by atoms with Crippen LogP contribution >= 0.6 is 11.3 Å². The molecule has 8 heteroatoms. The molecule has 0 bridgehead atoms. The summed E-state index contributed by atoms with van der Waals surface area (Å²) in [4.78, 5) is 30.2. The number of anilines is 2. The number of hydrogen-bond donors (Lipinski definition) is 0. The average molecular weight is 416 g/mol. The maximum Gasteiger partial charge on any atom is 0.338 e. The normalized spacial score (nSPS) is 10.6. The minimum atomic E-state index is -0.863. The van der Waals surface area contributed by atoms with Crippen LogP contribution in [0.5, 0.6) is 0 Å². The van der Waals surface area contributed by atoms with Crippen LogP contribution in [0.3, 0.4) is 0 Å². The molecule has 2 aromatic carbocycles. The molecule has 0 aliphatic rings. The summed E-state index contributed by atoms with van der Waals surface area (Å²) in [7, 11) is 0. The van der Waals surface area contributed by atoms with Crippen LogP contribution in [0.25, 0.3) is 0 Å². The van der Waals surface area contributed by atoms with Gasteiger partial charge in [0, 0.05) is 18.4 Å². The Morgan fingerprint density at radius 3 is 2.48 bits per heavy atom. The van der Waals surface area contributed by atoms with Gasteiger partial charge in [-0.1, -0.05) is 25.1 Å². The lowest BCUT2D eigenvalue weighted by Crippen LogP contribution is -2.23. The second-order valence-electron chi connectivity index (χ2n) is 6.19. The van der Waals surface area contributed by atoms with E-state index in [-0.39, 0.29) is 18.1 Å². The molecule has 0 saturated heterocycles. The fourth-order valence-corrected chi connectivity index (χ4v) is 3.66. The van der Waals surface area contributed by atoms with Crippen LogP contribution in [0, 0.1) is 11.6 Å². The van der Waals surface area contributed by atoms with Gasteiger partial charge >= 0.3 is 5.97 Å². The van der Waals surface area contributed by atoms with Crippen molar-refractivity contribution in [3.8, 4) is 0 Å². The number of halogens is 2. The van der Waals surface area contributed by atoms with E-state index >= 15 is 0 Å². The Balaban J connectivity index is 1.77. The second kappa shape index (κ2) is 8.91. The van der Waals surface area contributed by atoms with Crippen molar-refractivity contribution in [1.82, 2.24) is 4.98 Å². The van der Waals surface area contributed by atoms with Gasteiger partial charge < -0.3 is 4.74 Å². The number of esters is 1. The Labute approximate surface area is 170 Å². The zero-order valence-corrected chi connectivity index (χ0v) is 16.6. The van der Waals surface area contributed by atoms with Gasteiger partial charge in [-0.15, -0.1) is 11.3 Å². The highest BCUT2D eigenvalue weighted by atomic mass is 32.1. The highest BCUT2D eigenvalue weighted by Crippen LogP contribution is 2.32. The molecule has 0 aliphatic carbocycles. The van der Waals surface area contributed by atoms with Gasteiger partial charge in [0.15, 0.2) is 5.13 Å². The summed E-state index contributed by atoms with van der Waals surface area (Å²) >= 11 is 1.24. The van der Waals surface area contributed by atoms with Crippen molar-refractivity contribution in [1.29, 1.82) is 0 Å². The number of hydrogen-bond acceptors (Lipinski definition) is 5. The third-order valence-electron chi connectivity index (χ3n) is 4.11. The molecular formula is C21H18F2N2O3S. The Kier molecular flexibility index (Phi) is 6.33. The van der Waals surface area contributed by atoms with Gasteiger partial charge in [-0.2, -0.15) is 0 Å². The highest BCUT2D eigenvalue weighted by molar-refractivity contribution is 7.14. The number of carbonyl (C=O) groups excluding carboxylic acids is 2. The van der Waals surface area contributed by atoms with Crippen molar-refractivity contribution >= 4 is 34.0 Å². The van der Waals surface area contributed by atoms with Crippen molar-refractivity contribution in [2.75, 3.05) is 4.90 Å². The molecule has 3 aromatic rings. The number of aryl methyl sites for hydroxylation is 1. The standard InChI is InChI=1S/C21H18F2N2O3S/c1-3-14-6-4-5-7-19(14)25(13(2)26)21-24-18(12-29-21)11-28-20(27)15-8-16(22)10-17(23)9-15/h4-10,12H,3,11H2,1-2H3. The lowest BCUT2D eigenvalue weighted by molar-refractivity contribution is -0.115. The van der Waals surface area contributed by atoms with Gasteiger partial charge in [0.1, 0.15) is 18.2 Å². The summed E-state index contributed by atoms with van der Waals surface area (Å²) in [6.45, 7) is 3.26. The third kappa shape index (κ3) is 4.83. The Bertz CT molecular complexity index is 1030. The number of aromatic nitrogens is 1. The number of carbonyl (C=O) groups is 2. The summed E-state index contributed by atoms with van der Waals surface area (Å²) in [5.74, 6) is -2.78. The van der Waals surface area contributed by atoms with Crippen molar-refractivity contribution in [2.45, 2.75) is 26.9 Å². The quantitative estimate of drug-likeness (QED) is 0.529. The first-order valence-corrected chi connectivity index (χ1v) is 9.73. The monoisotopic (exact) mass is 416 g/mol. The van der Waals surface area contributed by atoms with Crippen molar-refractivity contribution in [3.05, 3.63) is 76.3 Å². The van der Waals surface area contributed by atoms with Crippen LogP contribution in [0.1, 0.15) is 35.5 Å². The Hall–Kier alpha value is -3.13. The summed E-state index contributed by atoms with van der Waals surface area (Å²) in [5, 5.41) is 2.11. The molecule has 1 aromatic heterocycles. The fourth-order valence-electron chi connectivity index (χ4n) is 2.80.